The minimum Gasteiger partial charge on any atom is -0.340 e. The van der Waals surface area contributed by atoms with E-state index >= 15 is 0 Å². The van der Waals surface area contributed by atoms with Gasteiger partial charge in [0.1, 0.15) is 29.0 Å². The number of fused-ring (bicyclic) bond motifs is 1. The van der Waals surface area contributed by atoms with Crippen molar-refractivity contribution in [1.29, 1.82) is 0 Å². The van der Waals surface area contributed by atoms with Gasteiger partial charge in [0.15, 0.2) is 11.6 Å². The molecule has 190 valence electrons. The van der Waals surface area contributed by atoms with Crippen molar-refractivity contribution in [1.82, 2.24) is 14.5 Å². The molecule has 2 heterocycles. The van der Waals surface area contributed by atoms with Crippen molar-refractivity contribution in [2.45, 2.75) is 25.6 Å². The topological polar surface area (TPSA) is 76.2 Å². The fourth-order valence-electron chi connectivity index (χ4n) is 4.37. The summed E-state index contributed by atoms with van der Waals surface area (Å²) < 4.78 is 55.7. The van der Waals surface area contributed by atoms with Crippen LogP contribution in [0.1, 0.15) is 11.4 Å². The van der Waals surface area contributed by atoms with Crippen LogP contribution in [-0.2, 0) is 24.3 Å². The predicted molar refractivity (Wildman–Crippen MR) is 131 cm³/mol. The third-order valence-electron chi connectivity index (χ3n) is 6.27. The van der Waals surface area contributed by atoms with Gasteiger partial charge >= 0.3 is 0 Å². The number of halogens is 4. The number of aromatic nitrogens is 2. The van der Waals surface area contributed by atoms with Gasteiger partial charge in [-0.15, -0.1) is 0 Å². The van der Waals surface area contributed by atoms with Crippen LogP contribution in [0.15, 0.2) is 66.7 Å². The van der Waals surface area contributed by atoms with Gasteiger partial charge in [0.25, 0.3) is 0 Å². The average Bonchev–Trinajstić information content (AvgIpc) is 3.25. The molecule has 0 unspecified atom stereocenters. The molecule has 1 atom stereocenters. The molecule has 10 heteroatoms. The summed E-state index contributed by atoms with van der Waals surface area (Å²) in [4.78, 5) is 19.4. The average molecular weight is 510 g/mol. The van der Waals surface area contributed by atoms with Gasteiger partial charge in [-0.3, -0.25) is 4.79 Å². The zero-order chi connectivity index (χ0) is 26.1. The number of nitrogens with two attached hydrogens (primary N) is 1. The lowest BCUT2D eigenvalue weighted by Crippen LogP contribution is -2.47. The molecule has 6 nitrogen and oxygen atoms in total. The highest BCUT2D eigenvalue weighted by Crippen LogP contribution is 2.33. The zero-order valence-electron chi connectivity index (χ0n) is 19.6. The number of hydrogen-bond acceptors (Lipinski definition) is 4. The quantitative estimate of drug-likeness (QED) is 0.368. The normalized spacial score (nSPS) is 13.8. The molecule has 3 aromatic carbocycles. The monoisotopic (exact) mass is 509 g/mol. The third kappa shape index (κ3) is 5.19. The molecule has 1 aliphatic heterocycles. The van der Waals surface area contributed by atoms with Crippen molar-refractivity contribution < 1.29 is 22.4 Å². The molecule has 0 saturated heterocycles. The van der Waals surface area contributed by atoms with E-state index in [-0.39, 0.29) is 30.5 Å². The van der Waals surface area contributed by atoms with Crippen LogP contribution in [0.3, 0.4) is 0 Å². The summed E-state index contributed by atoms with van der Waals surface area (Å²) in [5.41, 5.74) is 8.41. The molecule has 0 spiro atoms. The lowest BCUT2D eigenvalue weighted by atomic mass is 10.0. The smallest absolute Gasteiger partial charge is 0.240 e. The van der Waals surface area contributed by atoms with E-state index in [4.69, 9.17) is 10.7 Å². The Balaban J connectivity index is 1.40. The molecule has 0 bridgehead atoms. The fourth-order valence-corrected chi connectivity index (χ4v) is 4.37. The molecule has 37 heavy (non-hydrogen) atoms. The van der Waals surface area contributed by atoms with Crippen LogP contribution >= 0.6 is 0 Å². The predicted octanol–water partition coefficient (Wildman–Crippen LogP) is 4.76. The van der Waals surface area contributed by atoms with E-state index in [1.807, 2.05) is 4.57 Å². The minimum absolute atomic E-state index is 0.0547. The van der Waals surface area contributed by atoms with Crippen LogP contribution in [0.2, 0.25) is 0 Å². The standard InChI is InChI=1S/C27H23F4N5O/c28-18-4-2-17(3-5-18)25-26(33-20-8-6-19(29)7-9-20)36-12-11-35(15-24(36)34-25)27(37)23(32)14-16-1-10-21(30)22(31)13-16/h1-10,13,23,33H,11-12,14-15,32H2/t23-/m0/s1. The van der Waals surface area contributed by atoms with Crippen LogP contribution in [0.25, 0.3) is 11.3 Å². The van der Waals surface area contributed by atoms with Gasteiger partial charge in [-0.05, 0) is 72.6 Å². The second kappa shape index (κ2) is 10.1. The first-order valence-electron chi connectivity index (χ1n) is 11.6. The van der Waals surface area contributed by atoms with E-state index in [0.29, 0.717) is 47.2 Å². The largest absolute Gasteiger partial charge is 0.340 e. The maximum atomic E-state index is 13.6. The van der Waals surface area contributed by atoms with E-state index < -0.39 is 17.7 Å². The molecular formula is C27H23F4N5O. The number of hydrogen-bond donors (Lipinski definition) is 2. The third-order valence-corrected chi connectivity index (χ3v) is 6.27. The molecule has 5 rings (SSSR count). The Morgan fingerprint density at radius 2 is 1.59 bits per heavy atom. The first kappa shape index (κ1) is 24.5. The number of carbonyl (C=O) groups excluding carboxylic acids is 1. The zero-order valence-corrected chi connectivity index (χ0v) is 19.6. The molecule has 1 aromatic heterocycles. The number of anilines is 2. The number of nitrogens with one attached hydrogen (secondary N) is 1. The summed E-state index contributed by atoms with van der Waals surface area (Å²) in [6, 6.07) is 14.3. The highest BCUT2D eigenvalue weighted by atomic mass is 19.2. The van der Waals surface area contributed by atoms with Gasteiger partial charge < -0.3 is 20.5 Å². The number of benzene rings is 3. The molecule has 1 aliphatic rings. The molecule has 0 fully saturated rings. The molecule has 1 amide bonds. The molecule has 0 radical (unpaired) electrons. The number of rotatable bonds is 6. The summed E-state index contributed by atoms with van der Waals surface area (Å²) in [5, 5.41) is 3.28. The number of nitrogens with zero attached hydrogens (tertiary/aromatic N) is 3. The van der Waals surface area contributed by atoms with E-state index in [0.717, 1.165) is 12.1 Å². The van der Waals surface area contributed by atoms with Crippen molar-refractivity contribution in [2.24, 2.45) is 5.73 Å². The van der Waals surface area contributed by atoms with Gasteiger partial charge in [-0.1, -0.05) is 6.07 Å². The van der Waals surface area contributed by atoms with E-state index in [1.165, 1.54) is 30.3 Å². The number of carbonyl (C=O) groups is 1. The van der Waals surface area contributed by atoms with Crippen molar-refractivity contribution >= 4 is 17.4 Å². The van der Waals surface area contributed by atoms with Crippen molar-refractivity contribution in [2.75, 3.05) is 11.9 Å². The van der Waals surface area contributed by atoms with Gasteiger partial charge in [-0.2, -0.15) is 0 Å². The summed E-state index contributed by atoms with van der Waals surface area (Å²) in [7, 11) is 0. The van der Waals surface area contributed by atoms with Gasteiger partial charge in [-0.25, -0.2) is 22.5 Å². The van der Waals surface area contributed by atoms with Crippen LogP contribution < -0.4 is 11.1 Å². The summed E-state index contributed by atoms with van der Waals surface area (Å²) >= 11 is 0. The molecule has 4 aromatic rings. The maximum Gasteiger partial charge on any atom is 0.240 e. The van der Waals surface area contributed by atoms with Gasteiger partial charge in [0.05, 0.1) is 12.6 Å². The summed E-state index contributed by atoms with van der Waals surface area (Å²) in [5.74, 6) is -1.83. The molecule has 0 aliphatic carbocycles. The lowest BCUT2D eigenvalue weighted by Gasteiger charge is -2.30. The lowest BCUT2D eigenvalue weighted by molar-refractivity contribution is -0.134. The van der Waals surface area contributed by atoms with Crippen molar-refractivity contribution in [3.8, 4) is 11.3 Å². The fraction of sp³-hybridized carbons (Fsp3) is 0.185. The Labute approximate surface area is 210 Å². The van der Waals surface area contributed by atoms with Crippen molar-refractivity contribution in [3.05, 3.63) is 101 Å². The van der Waals surface area contributed by atoms with Crippen LogP contribution in [0.4, 0.5) is 29.1 Å². The molecule has 3 N–H and O–H groups in total. The van der Waals surface area contributed by atoms with Gasteiger partial charge in [0.2, 0.25) is 5.91 Å². The Kier molecular flexibility index (Phi) is 6.66. The Bertz CT molecular complexity index is 1440. The summed E-state index contributed by atoms with van der Waals surface area (Å²) in [6.07, 6.45) is 0.0547. The van der Waals surface area contributed by atoms with Crippen molar-refractivity contribution in [3.63, 3.8) is 0 Å². The van der Waals surface area contributed by atoms with Crippen LogP contribution in [-0.4, -0.2) is 32.9 Å². The Hall–Kier alpha value is -4.18. The van der Waals surface area contributed by atoms with E-state index in [2.05, 4.69) is 5.32 Å². The maximum absolute atomic E-state index is 13.6. The number of imidazole rings is 1. The highest BCUT2D eigenvalue weighted by molar-refractivity contribution is 5.82. The second-order valence-electron chi connectivity index (χ2n) is 8.83. The van der Waals surface area contributed by atoms with E-state index in [9.17, 15) is 22.4 Å². The van der Waals surface area contributed by atoms with E-state index in [1.54, 1.807) is 29.2 Å². The highest BCUT2D eigenvalue weighted by Gasteiger charge is 2.29. The Morgan fingerprint density at radius 1 is 0.919 bits per heavy atom. The first-order valence-corrected chi connectivity index (χ1v) is 11.6. The molecular weight excluding hydrogens is 486 g/mol. The Morgan fingerprint density at radius 3 is 2.27 bits per heavy atom. The molecule has 0 saturated carbocycles. The van der Waals surface area contributed by atoms with Crippen LogP contribution in [0.5, 0.6) is 0 Å². The van der Waals surface area contributed by atoms with Crippen LogP contribution in [0, 0.1) is 23.3 Å². The second-order valence-corrected chi connectivity index (χ2v) is 8.83. The minimum atomic E-state index is -0.994. The first-order chi connectivity index (χ1) is 17.8. The van der Waals surface area contributed by atoms with Gasteiger partial charge in [0, 0.05) is 24.3 Å². The SMILES string of the molecule is N[C@@H](Cc1ccc(F)c(F)c1)C(=O)N1CCn2c(nc(-c3ccc(F)cc3)c2Nc2ccc(F)cc2)C1. The summed E-state index contributed by atoms with van der Waals surface area (Å²) in [6.45, 7) is 0.912. The number of amides is 1.